The van der Waals surface area contributed by atoms with E-state index in [4.69, 9.17) is 0 Å². The summed E-state index contributed by atoms with van der Waals surface area (Å²) in [5.74, 6) is -1.53. The van der Waals surface area contributed by atoms with Crippen molar-refractivity contribution in [1.29, 1.82) is 0 Å². The zero-order valence-electron chi connectivity index (χ0n) is 9.14. The van der Waals surface area contributed by atoms with Crippen LogP contribution in [0.5, 0.6) is 0 Å². The lowest BCUT2D eigenvalue weighted by molar-refractivity contribution is -0.780. The monoisotopic (exact) mass is 304 g/mol. The lowest BCUT2D eigenvalue weighted by Crippen LogP contribution is -2.35. The molecule has 1 N–H and O–H groups in total. The summed E-state index contributed by atoms with van der Waals surface area (Å²) < 4.78 is 29.5. The van der Waals surface area contributed by atoms with Crippen LogP contribution >= 0.6 is 15.0 Å². The van der Waals surface area contributed by atoms with Crippen molar-refractivity contribution >= 4 is 21.0 Å². The highest BCUT2D eigenvalue weighted by Gasteiger charge is 2.43. The first-order chi connectivity index (χ1) is 8.13. The van der Waals surface area contributed by atoms with Gasteiger partial charge in [0, 0.05) is 18.8 Å². The molecule has 3 atom stereocenters. The minimum atomic E-state index is -4.77. The predicted octanol–water partition coefficient (Wildman–Crippen LogP) is -2.28. The number of carboxylic acids is 1. The van der Waals surface area contributed by atoms with E-state index in [1.54, 1.807) is 0 Å². The molecule has 0 radical (unpaired) electrons. The summed E-state index contributed by atoms with van der Waals surface area (Å²) in [6.45, 7) is 0.490. The predicted molar refractivity (Wildman–Crippen MR) is 48.2 cm³/mol. The molecule has 0 fully saturated rings. The van der Waals surface area contributed by atoms with E-state index in [0.29, 0.717) is 0 Å². The van der Waals surface area contributed by atoms with Crippen LogP contribution in [0.1, 0.15) is 19.8 Å². The smallest absolute Gasteiger partial charge is 0.593 e. The molecule has 106 valence electrons. The van der Waals surface area contributed by atoms with Crippen molar-refractivity contribution in [3.8, 4) is 0 Å². The van der Waals surface area contributed by atoms with Gasteiger partial charge in [0.05, 0.1) is 12.2 Å². The number of hydrogen-bond donors (Lipinski definition) is 1. The molecule has 0 amide bonds. The highest BCUT2D eigenvalue weighted by molar-refractivity contribution is 8.20. The van der Waals surface area contributed by atoms with Crippen molar-refractivity contribution in [3.05, 3.63) is 0 Å². The van der Waals surface area contributed by atoms with Crippen molar-refractivity contribution in [3.63, 3.8) is 0 Å². The zero-order chi connectivity index (χ0) is 14.4. The Bertz CT molecular complexity index is 352. The molecule has 0 rings (SSSR count). The maximum atomic E-state index is 11.2. The fourth-order valence-corrected chi connectivity index (χ4v) is 2.28. The van der Waals surface area contributed by atoms with Gasteiger partial charge in [-0.15, -0.1) is 4.67 Å². The SMILES string of the molecule is CC(O)(CCOP(=O)(OO[O-])[P+](=O)[O-])CC(=O)[O-]. The van der Waals surface area contributed by atoms with Crippen LogP contribution in [0.2, 0.25) is 0 Å². The van der Waals surface area contributed by atoms with Crippen molar-refractivity contribution in [1.82, 2.24) is 0 Å². The van der Waals surface area contributed by atoms with Crippen LogP contribution in [0.4, 0.5) is 0 Å². The average Bonchev–Trinajstić information content (AvgIpc) is 2.14. The molecule has 0 saturated heterocycles. The average molecular weight is 304 g/mol. The maximum absolute atomic E-state index is 11.2. The Kier molecular flexibility index (Phi) is 7.05. The number of aliphatic hydroxyl groups is 1. The van der Waals surface area contributed by atoms with E-state index in [9.17, 15) is 34.3 Å². The third-order valence-corrected chi connectivity index (χ3v) is 4.65. The molecule has 18 heavy (non-hydrogen) atoms. The second-order valence-electron chi connectivity index (χ2n) is 3.48. The zero-order valence-corrected chi connectivity index (χ0v) is 10.9. The van der Waals surface area contributed by atoms with Gasteiger partial charge in [-0.05, 0) is 6.92 Å². The number of carbonyl (C=O) groups is 1. The quantitative estimate of drug-likeness (QED) is 0.278. The largest absolute Gasteiger partial charge is 0.691 e. The van der Waals surface area contributed by atoms with Gasteiger partial charge in [-0.2, -0.15) is 0 Å². The number of carbonyl (C=O) groups excluding carboxylic acids is 1. The summed E-state index contributed by atoms with van der Waals surface area (Å²) in [5.41, 5.74) is -1.75. The molecule has 0 aliphatic heterocycles. The summed E-state index contributed by atoms with van der Waals surface area (Å²) in [6, 6.07) is 0. The number of hydrogen-bond acceptors (Lipinski definition) is 10. The van der Waals surface area contributed by atoms with Gasteiger partial charge < -0.3 is 25.2 Å². The van der Waals surface area contributed by atoms with Gasteiger partial charge in [0.1, 0.15) is 0 Å². The van der Waals surface area contributed by atoms with Gasteiger partial charge in [-0.3, -0.25) is 9.56 Å². The lowest BCUT2D eigenvalue weighted by Gasteiger charge is -2.23. The van der Waals surface area contributed by atoms with Crippen molar-refractivity contribution < 1.29 is 48.5 Å². The summed E-state index contributed by atoms with van der Waals surface area (Å²) in [5, 5.41) is 32.0. The minimum absolute atomic E-state index is 0.379. The standard InChI is InChI=1S/C6H12O10P2/c1-6(9,4-5(7)8)2-3-14-18(13,16-15-10)17(11)12/h9-10H,2-4H2,1H3,(H,7,8)/p-2. The number of carboxylic acid groups (broad SMARTS) is 1. The molecule has 0 spiro atoms. The van der Waals surface area contributed by atoms with Crippen LogP contribution in [0.3, 0.4) is 0 Å². The highest BCUT2D eigenvalue weighted by atomic mass is 32.1. The molecule has 0 heterocycles. The Morgan fingerprint density at radius 1 is 1.56 bits per heavy atom. The van der Waals surface area contributed by atoms with Gasteiger partial charge >= 0.3 is 15.0 Å². The Balaban J connectivity index is 4.35. The molecule has 12 heteroatoms. The molecule has 0 bridgehead atoms. The first-order valence-corrected chi connectivity index (χ1v) is 7.85. The molecular weight excluding hydrogens is 294 g/mol. The van der Waals surface area contributed by atoms with E-state index < -0.39 is 39.6 Å². The third kappa shape index (κ3) is 6.48. The molecule has 10 nitrogen and oxygen atoms in total. The van der Waals surface area contributed by atoms with Gasteiger partial charge in [0.15, 0.2) is 0 Å². The lowest BCUT2D eigenvalue weighted by atomic mass is 9.99. The summed E-state index contributed by atoms with van der Waals surface area (Å²) in [6.07, 6.45) is -1.11. The van der Waals surface area contributed by atoms with E-state index in [0.717, 1.165) is 6.92 Å². The maximum Gasteiger partial charge on any atom is 0.593 e. The molecule has 0 aromatic rings. The van der Waals surface area contributed by atoms with Crippen molar-refractivity contribution in [2.75, 3.05) is 6.61 Å². The summed E-state index contributed by atoms with van der Waals surface area (Å²) in [7, 11) is -8.51. The van der Waals surface area contributed by atoms with Crippen LogP contribution in [-0.2, 0) is 28.2 Å². The van der Waals surface area contributed by atoms with Crippen molar-refractivity contribution in [2.24, 2.45) is 0 Å². The summed E-state index contributed by atoms with van der Waals surface area (Å²) in [4.78, 5) is 20.7. The topological polar surface area (TPSA) is 168 Å². The van der Waals surface area contributed by atoms with Crippen LogP contribution in [0.25, 0.3) is 0 Å². The van der Waals surface area contributed by atoms with Crippen LogP contribution < -0.4 is 15.3 Å². The Morgan fingerprint density at radius 3 is 2.50 bits per heavy atom. The first-order valence-electron chi connectivity index (χ1n) is 4.43. The van der Waals surface area contributed by atoms with Gasteiger partial charge in [0.2, 0.25) is 0 Å². The van der Waals surface area contributed by atoms with Gasteiger partial charge in [-0.1, -0.05) is 4.57 Å². The molecule has 0 saturated carbocycles. The Hall–Kier alpha value is -0.440. The molecular formula is C6H10O10P2-2. The molecule has 0 aromatic heterocycles. The van der Waals surface area contributed by atoms with E-state index in [-0.39, 0.29) is 6.42 Å². The Morgan fingerprint density at radius 2 is 2.11 bits per heavy atom. The first kappa shape index (κ1) is 17.6. The summed E-state index contributed by atoms with van der Waals surface area (Å²) >= 11 is 0. The van der Waals surface area contributed by atoms with Crippen LogP contribution in [0.15, 0.2) is 0 Å². The van der Waals surface area contributed by atoms with Crippen molar-refractivity contribution in [2.45, 2.75) is 25.4 Å². The van der Waals surface area contributed by atoms with Crippen LogP contribution in [0, 0.1) is 0 Å². The second kappa shape index (κ2) is 7.22. The van der Waals surface area contributed by atoms with Gasteiger partial charge in [0.25, 0.3) is 0 Å². The fourth-order valence-electron chi connectivity index (χ4n) is 0.915. The fraction of sp³-hybridized carbons (Fsp3) is 0.833. The molecule has 0 aliphatic carbocycles. The van der Waals surface area contributed by atoms with E-state index >= 15 is 0 Å². The van der Waals surface area contributed by atoms with E-state index in [1.807, 2.05) is 0 Å². The number of aliphatic carboxylic acids is 1. The van der Waals surface area contributed by atoms with Gasteiger partial charge in [-0.25, -0.2) is 4.57 Å². The number of rotatable bonds is 9. The van der Waals surface area contributed by atoms with E-state index in [2.05, 4.69) is 14.2 Å². The third-order valence-electron chi connectivity index (χ3n) is 1.74. The molecule has 0 aromatic carbocycles. The second-order valence-corrected chi connectivity index (χ2v) is 7.75. The van der Waals surface area contributed by atoms with E-state index in [1.165, 1.54) is 0 Å². The molecule has 0 aliphatic rings. The van der Waals surface area contributed by atoms with Crippen LogP contribution in [-0.4, -0.2) is 23.3 Å². The Labute approximate surface area is 102 Å². The highest BCUT2D eigenvalue weighted by Crippen LogP contribution is 2.66. The minimum Gasteiger partial charge on any atom is -0.691 e. The normalized spacial score (nSPS) is 18.8. The molecule has 3 unspecified atom stereocenters.